The molecule has 2 heterocycles. The van der Waals surface area contributed by atoms with E-state index in [4.69, 9.17) is 11.6 Å². The third kappa shape index (κ3) is 6.90. The largest absolute Gasteiger partial charge is 0.396 e. The Labute approximate surface area is 194 Å². The molecule has 3 N–H and O–H groups in total. The zero-order chi connectivity index (χ0) is 23.0. The molecule has 32 heavy (non-hydrogen) atoms. The maximum absolute atomic E-state index is 12.2. The maximum Gasteiger partial charge on any atom is 0.240 e. The topological polar surface area (TPSA) is 112 Å². The van der Waals surface area contributed by atoms with Crippen LogP contribution in [0.2, 0.25) is 5.02 Å². The molecule has 1 aliphatic rings. The minimum Gasteiger partial charge on any atom is -0.396 e. The summed E-state index contributed by atoms with van der Waals surface area (Å²) in [6.45, 7) is 1.39. The number of hydrogen-bond donors (Lipinski definition) is 3. The van der Waals surface area contributed by atoms with E-state index in [9.17, 15) is 18.3 Å². The number of rotatable bonds is 10. The number of sulfonamides is 1. The summed E-state index contributed by atoms with van der Waals surface area (Å²) >= 11 is 5.84. The van der Waals surface area contributed by atoms with Crippen molar-refractivity contribution in [1.29, 1.82) is 0 Å². The number of pyridine rings is 1. The number of nitrogens with one attached hydrogen (secondary N) is 2. The summed E-state index contributed by atoms with van der Waals surface area (Å²) in [5.41, 5.74) is 0.859. The van der Waals surface area contributed by atoms with Crippen LogP contribution in [0.5, 0.6) is 0 Å². The van der Waals surface area contributed by atoms with Crippen molar-refractivity contribution in [1.82, 2.24) is 15.0 Å². The van der Waals surface area contributed by atoms with Gasteiger partial charge < -0.3 is 15.3 Å². The smallest absolute Gasteiger partial charge is 0.240 e. The first-order chi connectivity index (χ1) is 15.4. The molecule has 1 unspecified atom stereocenters. The molecular formula is C22H29ClN4O4S. The quantitative estimate of drug-likeness (QED) is 0.481. The number of carbonyl (C=O) groups is 1. The number of anilines is 1. The third-order valence-electron chi connectivity index (χ3n) is 5.43. The number of benzene rings is 1. The van der Waals surface area contributed by atoms with Gasteiger partial charge in [0, 0.05) is 49.9 Å². The van der Waals surface area contributed by atoms with Crippen LogP contribution in [-0.2, 0) is 21.4 Å². The number of aromatic nitrogens is 1. The highest BCUT2D eigenvalue weighted by Crippen LogP contribution is 2.25. The summed E-state index contributed by atoms with van der Waals surface area (Å²) in [6.07, 6.45) is 5.83. The number of carbonyl (C=O) groups excluding carboxylic acids is 1. The number of amides is 1. The summed E-state index contributed by atoms with van der Waals surface area (Å²) in [5, 5.41) is 12.4. The normalized spacial score (nSPS) is 16.7. The Bertz CT molecular complexity index is 999. The first-order valence-corrected chi connectivity index (χ1v) is 12.6. The van der Waals surface area contributed by atoms with Crippen LogP contribution in [0, 0.1) is 0 Å². The van der Waals surface area contributed by atoms with Crippen LogP contribution in [0.25, 0.3) is 0 Å². The number of nitrogens with zero attached hydrogens (tertiary/aromatic N) is 2. The predicted molar refractivity (Wildman–Crippen MR) is 124 cm³/mol. The fraction of sp³-hybridized carbons (Fsp3) is 0.455. The van der Waals surface area contributed by atoms with Gasteiger partial charge in [0.25, 0.3) is 0 Å². The molecule has 0 radical (unpaired) electrons. The Balaban J connectivity index is 1.45. The minimum atomic E-state index is -3.71. The molecule has 1 amide bonds. The number of hydrogen-bond acceptors (Lipinski definition) is 6. The number of halogens is 1. The lowest BCUT2D eigenvalue weighted by Crippen LogP contribution is -2.40. The van der Waals surface area contributed by atoms with Crippen molar-refractivity contribution >= 4 is 33.3 Å². The van der Waals surface area contributed by atoms with Gasteiger partial charge in [-0.15, -0.1) is 0 Å². The van der Waals surface area contributed by atoms with Crippen LogP contribution in [-0.4, -0.2) is 50.2 Å². The fourth-order valence-corrected chi connectivity index (χ4v) is 5.08. The van der Waals surface area contributed by atoms with Gasteiger partial charge in [0.05, 0.1) is 4.90 Å². The van der Waals surface area contributed by atoms with Gasteiger partial charge in [0.2, 0.25) is 15.9 Å². The molecule has 2 aromatic rings. The van der Waals surface area contributed by atoms with E-state index in [1.165, 1.54) is 18.6 Å². The lowest BCUT2D eigenvalue weighted by Gasteiger charge is -2.36. The number of piperidine rings is 1. The molecule has 10 heteroatoms. The van der Waals surface area contributed by atoms with Crippen molar-refractivity contribution < 1.29 is 18.3 Å². The summed E-state index contributed by atoms with van der Waals surface area (Å²) in [4.78, 5) is 18.9. The van der Waals surface area contributed by atoms with Gasteiger partial charge in [-0.2, -0.15) is 0 Å². The Morgan fingerprint density at radius 1 is 1.25 bits per heavy atom. The van der Waals surface area contributed by atoms with Crippen LogP contribution in [0.15, 0.2) is 47.5 Å². The Hall–Kier alpha value is -2.20. The molecule has 1 aliphatic heterocycles. The van der Waals surface area contributed by atoms with E-state index in [2.05, 4.69) is 19.9 Å². The molecule has 8 nitrogen and oxygen atoms in total. The molecule has 1 aromatic heterocycles. The molecule has 174 valence electrons. The van der Waals surface area contributed by atoms with E-state index >= 15 is 0 Å². The van der Waals surface area contributed by atoms with Crippen LogP contribution in [0.4, 0.5) is 5.82 Å². The van der Waals surface area contributed by atoms with Gasteiger partial charge >= 0.3 is 0 Å². The second kappa shape index (κ2) is 11.6. The second-order valence-corrected chi connectivity index (χ2v) is 9.97. The molecule has 1 aromatic carbocycles. The molecule has 1 atom stereocenters. The summed E-state index contributed by atoms with van der Waals surface area (Å²) < 4.78 is 26.9. The van der Waals surface area contributed by atoms with Crippen molar-refractivity contribution in [2.45, 2.75) is 49.6 Å². The van der Waals surface area contributed by atoms with E-state index in [-0.39, 0.29) is 30.4 Å². The molecule has 0 saturated carbocycles. The van der Waals surface area contributed by atoms with E-state index in [0.29, 0.717) is 17.6 Å². The summed E-state index contributed by atoms with van der Waals surface area (Å²) in [6, 6.07) is 10.1. The van der Waals surface area contributed by atoms with Gasteiger partial charge in [-0.1, -0.05) is 23.7 Å². The molecule has 3 rings (SSSR count). The molecule has 0 bridgehead atoms. The Morgan fingerprint density at radius 3 is 2.81 bits per heavy atom. The van der Waals surface area contributed by atoms with E-state index < -0.39 is 10.0 Å². The molecule has 0 aliphatic carbocycles. The fourth-order valence-electron chi connectivity index (χ4n) is 3.75. The van der Waals surface area contributed by atoms with Gasteiger partial charge in [-0.25, -0.2) is 18.1 Å². The van der Waals surface area contributed by atoms with Crippen molar-refractivity contribution in [3.8, 4) is 0 Å². The first kappa shape index (κ1) is 24.4. The highest BCUT2D eigenvalue weighted by molar-refractivity contribution is 7.89. The number of aliphatic hydroxyl groups is 1. The average Bonchev–Trinajstić information content (AvgIpc) is 2.79. The average molecular weight is 481 g/mol. The van der Waals surface area contributed by atoms with E-state index in [1.807, 2.05) is 12.1 Å². The monoisotopic (exact) mass is 480 g/mol. The zero-order valence-electron chi connectivity index (χ0n) is 17.8. The molecule has 1 fully saturated rings. The highest BCUT2D eigenvalue weighted by atomic mass is 35.5. The van der Waals surface area contributed by atoms with Gasteiger partial charge in [-0.3, -0.25) is 4.79 Å². The van der Waals surface area contributed by atoms with Crippen molar-refractivity contribution in [3.05, 3.63) is 53.2 Å². The third-order valence-corrected chi connectivity index (χ3v) is 7.13. The van der Waals surface area contributed by atoms with Crippen molar-refractivity contribution in [2.24, 2.45) is 0 Å². The minimum absolute atomic E-state index is 0.0148. The van der Waals surface area contributed by atoms with Crippen LogP contribution >= 0.6 is 11.6 Å². The van der Waals surface area contributed by atoms with E-state index in [1.54, 1.807) is 18.3 Å². The van der Waals surface area contributed by atoms with E-state index in [0.717, 1.165) is 37.2 Å². The molecular weight excluding hydrogens is 452 g/mol. The lowest BCUT2D eigenvalue weighted by atomic mass is 9.99. The SMILES string of the molecule is O=C(CCNS(=O)(=O)c1cccc(Cl)c1)NCc1ccc(N2CCCCC2CCO)nc1. The predicted octanol–water partition coefficient (Wildman–Crippen LogP) is 2.46. The first-order valence-electron chi connectivity index (χ1n) is 10.7. The van der Waals surface area contributed by atoms with Crippen LogP contribution in [0.1, 0.15) is 37.7 Å². The van der Waals surface area contributed by atoms with Crippen LogP contribution in [0.3, 0.4) is 0 Å². The number of aliphatic hydroxyl groups excluding tert-OH is 1. The zero-order valence-corrected chi connectivity index (χ0v) is 19.4. The highest BCUT2D eigenvalue weighted by Gasteiger charge is 2.23. The van der Waals surface area contributed by atoms with Crippen molar-refractivity contribution in [3.63, 3.8) is 0 Å². The molecule has 0 spiro atoms. The van der Waals surface area contributed by atoms with Crippen molar-refractivity contribution in [2.75, 3.05) is 24.6 Å². The molecule has 1 saturated heterocycles. The lowest BCUT2D eigenvalue weighted by molar-refractivity contribution is -0.121. The van der Waals surface area contributed by atoms with Crippen LogP contribution < -0.4 is 14.9 Å². The standard InChI is InChI=1S/C22H29ClN4O4S/c23-18-4-3-6-20(14-18)32(30,31)26-11-9-22(29)25-16-17-7-8-21(24-15-17)27-12-2-1-5-19(27)10-13-28/h3-4,6-8,14-15,19,26,28H,1-2,5,9-13,16H2,(H,25,29). The summed E-state index contributed by atoms with van der Waals surface area (Å²) in [5.74, 6) is 0.621. The summed E-state index contributed by atoms with van der Waals surface area (Å²) in [7, 11) is -3.71. The Kier molecular flexibility index (Phi) is 8.86. The second-order valence-electron chi connectivity index (χ2n) is 7.76. The van der Waals surface area contributed by atoms with Gasteiger partial charge in [-0.05, 0) is 55.5 Å². The maximum atomic E-state index is 12.2. The van der Waals surface area contributed by atoms with Gasteiger partial charge in [0.15, 0.2) is 0 Å². The van der Waals surface area contributed by atoms with Gasteiger partial charge in [0.1, 0.15) is 5.82 Å². The Morgan fingerprint density at radius 2 is 2.09 bits per heavy atom.